The topological polar surface area (TPSA) is 72.5 Å². The standard InChI is InChI=1S/C35H34O7/c1-25(36)38-24-31-33-32(41-35(40-31,28-19-11-5-12-20-28)29-21-13-6-14-22-29)30(23-37-2)39-34(42-33,26-15-7-3-8-16-26)27-17-9-4-10-18-27/h3-22,30-33H,23-24H2,1-2H3. The first-order valence-electron chi connectivity index (χ1n) is 14.1. The smallest absolute Gasteiger partial charge is 0.302 e. The molecule has 42 heavy (non-hydrogen) atoms. The molecule has 0 amide bonds. The lowest BCUT2D eigenvalue weighted by Crippen LogP contribution is -2.68. The van der Waals surface area contributed by atoms with Crippen LogP contribution in [0.5, 0.6) is 0 Å². The molecule has 4 aromatic carbocycles. The summed E-state index contributed by atoms with van der Waals surface area (Å²) in [6.45, 7) is 1.57. The molecule has 2 aliphatic rings. The molecule has 216 valence electrons. The van der Waals surface area contributed by atoms with Crippen molar-refractivity contribution in [3.63, 3.8) is 0 Å². The van der Waals surface area contributed by atoms with Gasteiger partial charge in [0.2, 0.25) is 11.6 Å². The zero-order valence-electron chi connectivity index (χ0n) is 23.6. The van der Waals surface area contributed by atoms with Crippen molar-refractivity contribution in [2.45, 2.75) is 42.9 Å². The van der Waals surface area contributed by atoms with Crippen molar-refractivity contribution in [3.05, 3.63) is 144 Å². The Labute approximate surface area is 245 Å². The molecule has 4 unspecified atom stereocenters. The largest absolute Gasteiger partial charge is 0.463 e. The number of hydrogen-bond acceptors (Lipinski definition) is 7. The highest BCUT2D eigenvalue weighted by atomic mass is 16.8. The molecule has 0 aromatic heterocycles. The van der Waals surface area contributed by atoms with Gasteiger partial charge in [-0.2, -0.15) is 0 Å². The second-order valence-corrected chi connectivity index (χ2v) is 10.4. The lowest BCUT2D eigenvalue weighted by Gasteiger charge is -2.56. The molecule has 2 fully saturated rings. The zero-order chi connectivity index (χ0) is 29.0. The molecule has 0 saturated carbocycles. The summed E-state index contributed by atoms with van der Waals surface area (Å²) >= 11 is 0. The maximum absolute atomic E-state index is 12.1. The number of benzene rings is 4. The summed E-state index contributed by atoms with van der Waals surface area (Å²) in [5.41, 5.74) is 3.21. The Morgan fingerprint density at radius 3 is 1.21 bits per heavy atom. The van der Waals surface area contributed by atoms with Crippen LogP contribution < -0.4 is 0 Å². The van der Waals surface area contributed by atoms with Crippen molar-refractivity contribution in [2.75, 3.05) is 20.3 Å². The average molecular weight is 567 g/mol. The number of ether oxygens (including phenoxy) is 6. The predicted octanol–water partition coefficient (Wildman–Crippen LogP) is 5.57. The average Bonchev–Trinajstić information content (AvgIpc) is 3.05. The normalized spacial score (nSPS) is 24.3. The van der Waals surface area contributed by atoms with E-state index in [9.17, 15) is 4.79 Å². The maximum Gasteiger partial charge on any atom is 0.302 e. The number of esters is 1. The molecule has 0 aliphatic carbocycles. The van der Waals surface area contributed by atoms with Crippen molar-refractivity contribution in [1.82, 2.24) is 0 Å². The van der Waals surface area contributed by atoms with E-state index < -0.39 is 42.0 Å². The van der Waals surface area contributed by atoms with E-state index in [1.807, 2.05) is 121 Å². The van der Waals surface area contributed by atoms with Gasteiger partial charge in [-0.05, 0) is 0 Å². The SMILES string of the molecule is COCC1OC(c2ccccc2)(c2ccccc2)OC2C(COC(C)=O)OC(c3ccccc3)(c3ccccc3)OC12. The van der Waals surface area contributed by atoms with Crippen LogP contribution in [0.4, 0.5) is 0 Å². The zero-order valence-corrected chi connectivity index (χ0v) is 23.6. The third-order valence-corrected chi connectivity index (χ3v) is 7.69. The van der Waals surface area contributed by atoms with Crippen LogP contribution in [-0.2, 0) is 44.8 Å². The molecule has 2 aliphatic heterocycles. The molecule has 0 spiro atoms. The molecule has 4 atom stereocenters. The second kappa shape index (κ2) is 12.2. The van der Waals surface area contributed by atoms with Crippen LogP contribution in [0, 0.1) is 0 Å². The highest BCUT2D eigenvalue weighted by Crippen LogP contribution is 2.50. The third-order valence-electron chi connectivity index (χ3n) is 7.69. The second-order valence-electron chi connectivity index (χ2n) is 10.4. The maximum atomic E-state index is 12.1. The van der Waals surface area contributed by atoms with Gasteiger partial charge in [-0.1, -0.05) is 121 Å². The Morgan fingerprint density at radius 2 is 0.905 bits per heavy atom. The van der Waals surface area contributed by atoms with Gasteiger partial charge >= 0.3 is 5.97 Å². The fraction of sp³-hybridized carbons (Fsp3) is 0.286. The Morgan fingerprint density at radius 1 is 0.571 bits per heavy atom. The molecular weight excluding hydrogens is 532 g/mol. The summed E-state index contributed by atoms with van der Waals surface area (Å²) < 4.78 is 39.3. The monoisotopic (exact) mass is 566 g/mol. The highest BCUT2D eigenvalue weighted by Gasteiger charge is 2.60. The van der Waals surface area contributed by atoms with Gasteiger partial charge in [-0.3, -0.25) is 4.79 Å². The lowest BCUT2D eigenvalue weighted by molar-refractivity contribution is -0.432. The van der Waals surface area contributed by atoms with Gasteiger partial charge in [-0.15, -0.1) is 0 Å². The molecule has 7 nitrogen and oxygen atoms in total. The van der Waals surface area contributed by atoms with E-state index in [2.05, 4.69) is 0 Å². The lowest BCUT2D eigenvalue weighted by atomic mass is 9.89. The molecule has 2 saturated heterocycles. The van der Waals surface area contributed by atoms with Gasteiger partial charge < -0.3 is 28.4 Å². The predicted molar refractivity (Wildman–Crippen MR) is 155 cm³/mol. The summed E-state index contributed by atoms with van der Waals surface area (Å²) in [5.74, 6) is -3.04. The quantitative estimate of drug-likeness (QED) is 0.258. The Kier molecular flexibility index (Phi) is 8.20. The van der Waals surface area contributed by atoms with Gasteiger partial charge in [0.25, 0.3) is 0 Å². The minimum absolute atomic E-state index is 0.0410. The third kappa shape index (κ3) is 5.26. The summed E-state index contributed by atoms with van der Waals surface area (Å²) in [6, 6.07) is 39.1. The molecule has 0 radical (unpaired) electrons. The summed E-state index contributed by atoms with van der Waals surface area (Å²) in [7, 11) is 1.64. The van der Waals surface area contributed by atoms with Gasteiger partial charge in [-0.25, -0.2) is 0 Å². The Balaban J connectivity index is 1.52. The van der Waals surface area contributed by atoms with Crippen molar-refractivity contribution >= 4 is 5.97 Å². The number of carbonyl (C=O) groups is 1. The summed E-state index contributed by atoms with van der Waals surface area (Å²) in [4.78, 5) is 12.1. The van der Waals surface area contributed by atoms with E-state index in [4.69, 9.17) is 28.4 Å². The Hall–Kier alpha value is -3.85. The van der Waals surface area contributed by atoms with Crippen LogP contribution in [-0.4, -0.2) is 50.7 Å². The minimum atomic E-state index is -1.33. The fourth-order valence-electron chi connectivity index (χ4n) is 5.84. The number of carbonyl (C=O) groups excluding carboxylic acids is 1. The van der Waals surface area contributed by atoms with E-state index in [1.54, 1.807) is 7.11 Å². The first kappa shape index (κ1) is 28.3. The van der Waals surface area contributed by atoms with Crippen LogP contribution in [0.3, 0.4) is 0 Å². The van der Waals surface area contributed by atoms with E-state index >= 15 is 0 Å². The molecule has 4 aromatic rings. The molecular formula is C35H34O7. The van der Waals surface area contributed by atoms with Gasteiger partial charge in [0, 0.05) is 36.3 Å². The van der Waals surface area contributed by atoms with Crippen molar-refractivity contribution in [2.24, 2.45) is 0 Å². The minimum Gasteiger partial charge on any atom is -0.463 e. The molecule has 0 bridgehead atoms. The van der Waals surface area contributed by atoms with Crippen molar-refractivity contribution in [1.29, 1.82) is 0 Å². The number of methoxy groups -OCH3 is 1. The van der Waals surface area contributed by atoms with Crippen molar-refractivity contribution in [3.8, 4) is 0 Å². The van der Waals surface area contributed by atoms with Crippen LogP contribution in [0.25, 0.3) is 0 Å². The van der Waals surface area contributed by atoms with E-state index in [1.165, 1.54) is 6.92 Å². The molecule has 7 heteroatoms. The van der Waals surface area contributed by atoms with Crippen LogP contribution in [0.2, 0.25) is 0 Å². The van der Waals surface area contributed by atoms with Gasteiger partial charge in [0.1, 0.15) is 31.0 Å². The van der Waals surface area contributed by atoms with Gasteiger partial charge in [0.05, 0.1) is 6.61 Å². The first-order valence-corrected chi connectivity index (χ1v) is 14.1. The fourth-order valence-corrected chi connectivity index (χ4v) is 5.84. The van der Waals surface area contributed by atoms with E-state index in [0.717, 1.165) is 22.3 Å². The van der Waals surface area contributed by atoms with Gasteiger partial charge in [0.15, 0.2) is 0 Å². The number of hydrogen-bond donors (Lipinski definition) is 0. The molecule has 6 rings (SSSR count). The number of rotatable bonds is 8. The molecule has 0 N–H and O–H groups in total. The van der Waals surface area contributed by atoms with E-state index in [-0.39, 0.29) is 13.2 Å². The Bertz CT molecular complexity index is 1370. The van der Waals surface area contributed by atoms with Crippen molar-refractivity contribution < 1.29 is 33.2 Å². The highest BCUT2D eigenvalue weighted by molar-refractivity contribution is 5.65. The summed E-state index contributed by atoms with van der Waals surface area (Å²) in [6.07, 6.45) is -2.65. The van der Waals surface area contributed by atoms with Crippen LogP contribution in [0.1, 0.15) is 29.2 Å². The first-order chi connectivity index (χ1) is 20.6. The summed E-state index contributed by atoms with van der Waals surface area (Å²) in [5, 5.41) is 0. The number of fused-ring (bicyclic) bond motifs is 1. The van der Waals surface area contributed by atoms with Crippen LogP contribution >= 0.6 is 0 Å². The van der Waals surface area contributed by atoms with Crippen LogP contribution in [0.15, 0.2) is 121 Å². The van der Waals surface area contributed by atoms with E-state index in [0.29, 0.717) is 0 Å². The molecule has 2 heterocycles.